The quantitative estimate of drug-likeness (QED) is 0.885. The van der Waals surface area contributed by atoms with Gasteiger partial charge in [-0.05, 0) is 52.0 Å². The lowest BCUT2D eigenvalue weighted by Crippen LogP contribution is -2.35. The predicted octanol–water partition coefficient (Wildman–Crippen LogP) is 2.02. The van der Waals surface area contributed by atoms with E-state index in [0.717, 1.165) is 37.5 Å². The number of imidazole rings is 1. The Balaban J connectivity index is 1.93. The van der Waals surface area contributed by atoms with E-state index in [1.807, 2.05) is 0 Å². The van der Waals surface area contributed by atoms with Crippen molar-refractivity contribution in [3.8, 4) is 0 Å². The molecule has 4 heteroatoms. The first kappa shape index (κ1) is 14.5. The molecule has 1 fully saturated rings. The second-order valence-electron chi connectivity index (χ2n) is 5.87. The van der Waals surface area contributed by atoms with Gasteiger partial charge < -0.3 is 9.67 Å². The monoisotopic (exact) mass is 265 g/mol. The fourth-order valence-electron chi connectivity index (χ4n) is 3.04. The number of nitrogens with zero attached hydrogens (tertiary/aromatic N) is 3. The summed E-state index contributed by atoms with van der Waals surface area (Å²) < 4.78 is 2.21. The molecule has 0 amide bonds. The van der Waals surface area contributed by atoms with E-state index in [4.69, 9.17) is 5.11 Å². The average Bonchev–Trinajstić information content (AvgIpc) is 2.64. The molecule has 1 aliphatic rings. The summed E-state index contributed by atoms with van der Waals surface area (Å²) in [4.78, 5) is 7.19. The summed E-state index contributed by atoms with van der Waals surface area (Å²) in [6.45, 7) is 7.84. The molecule has 4 nitrogen and oxygen atoms in total. The van der Waals surface area contributed by atoms with E-state index >= 15 is 0 Å². The molecule has 1 saturated heterocycles. The van der Waals surface area contributed by atoms with E-state index in [2.05, 4.69) is 35.3 Å². The van der Waals surface area contributed by atoms with Crippen LogP contribution in [0.5, 0.6) is 0 Å². The van der Waals surface area contributed by atoms with E-state index in [0.29, 0.717) is 6.61 Å². The molecule has 0 bridgehead atoms. The van der Waals surface area contributed by atoms with Crippen LogP contribution >= 0.6 is 0 Å². The first-order valence-corrected chi connectivity index (χ1v) is 7.43. The van der Waals surface area contributed by atoms with Gasteiger partial charge in [-0.15, -0.1) is 0 Å². The third-order valence-electron chi connectivity index (χ3n) is 4.45. The summed E-state index contributed by atoms with van der Waals surface area (Å²) >= 11 is 0. The molecule has 0 saturated carbocycles. The molecule has 2 rings (SSSR count). The van der Waals surface area contributed by atoms with Crippen LogP contribution in [0.1, 0.15) is 42.9 Å². The van der Waals surface area contributed by atoms with E-state index < -0.39 is 0 Å². The largest absolute Gasteiger partial charge is 0.396 e. The molecule has 1 aromatic rings. The molecule has 0 aromatic carbocycles. The molecule has 0 radical (unpaired) electrons. The average molecular weight is 265 g/mol. The number of aliphatic hydroxyl groups is 1. The SMILES string of the molecule is Cc1nc(CN2CCC[C@H](CCCO)C2)n(C)c1C. The van der Waals surface area contributed by atoms with Gasteiger partial charge in [0.2, 0.25) is 0 Å². The number of rotatable bonds is 5. The van der Waals surface area contributed by atoms with Gasteiger partial charge in [0.05, 0.1) is 12.2 Å². The Kier molecular flexibility index (Phi) is 4.99. The van der Waals surface area contributed by atoms with Crippen molar-refractivity contribution in [1.82, 2.24) is 14.5 Å². The maximum Gasteiger partial charge on any atom is 0.123 e. The van der Waals surface area contributed by atoms with Crippen molar-refractivity contribution in [3.63, 3.8) is 0 Å². The minimum Gasteiger partial charge on any atom is -0.396 e. The summed E-state index contributed by atoms with van der Waals surface area (Å²) in [6.07, 6.45) is 4.69. The number of likely N-dealkylation sites (tertiary alicyclic amines) is 1. The molecular weight excluding hydrogens is 238 g/mol. The van der Waals surface area contributed by atoms with Crippen LogP contribution in [0.4, 0.5) is 0 Å². The molecule has 1 aliphatic heterocycles. The number of hydrogen-bond acceptors (Lipinski definition) is 3. The maximum atomic E-state index is 8.94. The Morgan fingerprint density at radius 1 is 1.37 bits per heavy atom. The van der Waals surface area contributed by atoms with E-state index in [9.17, 15) is 0 Å². The highest BCUT2D eigenvalue weighted by Crippen LogP contribution is 2.22. The highest BCUT2D eigenvalue weighted by molar-refractivity contribution is 5.13. The van der Waals surface area contributed by atoms with E-state index in [-0.39, 0.29) is 0 Å². The van der Waals surface area contributed by atoms with Crippen molar-refractivity contribution in [2.45, 2.75) is 46.1 Å². The number of aromatic nitrogens is 2. The molecule has 2 heterocycles. The number of aryl methyl sites for hydroxylation is 1. The Morgan fingerprint density at radius 3 is 2.79 bits per heavy atom. The molecule has 1 atom stereocenters. The van der Waals surface area contributed by atoms with E-state index in [1.165, 1.54) is 30.9 Å². The molecule has 0 aliphatic carbocycles. The topological polar surface area (TPSA) is 41.3 Å². The lowest BCUT2D eigenvalue weighted by molar-refractivity contribution is 0.149. The van der Waals surface area contributed by atoms with Gasteiger partial charge in [0.15, 0.2) is 0 Å². The molecular formula is C15H27N3O. The minimum absolute atomic E-state index is 0.328. The Morgan fingerprint density at radius 2 is 2.16 bits per heavy atom. The van der Waals surface area contributed by atoms with Gasteiger partial charge in [-0.25, -0.2) is 4.98 Å². The lowest BCUT2D eigenvalue weighted by atomic mass is 9.93. The standard InChI is InChI=1S/C15H27N3O/c1-12-13(2)17(3)15(16-12)11-18-8-4-6-14(10-18)7-5-9-19/h14,19H,4-11H2,1-3H3/t14-/m1/s1. The van der Waals surface area contributed by atoms with Crippen LogP contribution in [0.2, 0.25) is 0 Å². The van der Waals surface area contributed by atoms with Gasteiger partial charge in [-0.2, -0.15) is 0 Å². The fraction of sp³-hybridized carbons (Fsp3) is 0.800. The van der Waals surface area contributed by atoms with Crippen LogP contribution < -0.4 is 0 Å². The van der Waals surface area contributed by atoms with Crippen molar-refractivity contribution < 1.29 is 5.11 Å². The third-order valence-corrected chi connectivity index (χ3v) is 4.45. The molecule has 19 heavy (non-hydrogen) atoms. The molecule has 108 valence electrons. The van der Waals surface area contributed by atoms with Gasteiger partial charge in [0.25, 0.3) is 0 Å². The normalized spacial score (nSPS) is 20.9. The first-order chi connectivity index (χ1) is 9.11. The van der Waals surface area contributed by atoms with Crippen molar-refractivity contribution in [2.75, 3.05) is 19.7 Å². The summed E-state index contributed by atoms with van der Waals surface area (Å²) in [5.74, 6) is 1.93. The second-order valence-corrected chi connectivity index (χ2v) is 5.87. The van der Waals surface area contributed by atoms with Crippen molar-refractivity contribution in [1.29, 1.82) is 0 Å². The fourth-order valence-corrected chi connectivity index (χ4v) is 3.04. The van der Waals surface area contributed by atoms with Gasteiger partial charge in [0.1, 0.15) is 5.82 Å². The molecule has 0 spiro atoms. The smallest absolute Gasteiger partial charge is 0.123 e. The zero-order valence-electron chi connectivity index (χ0n) is 12.5. The van der Waals surface area contributed by atoms with Gasteiger partial charge in [-0.3, -0.25) is 4.90 Å². The predicted molar refractivity (Wildman–Crippen MR) is 77.0 cm³/mol. The molecule has 0 unspecified atom stereocenters. The van der Waals surface area contributed by atoms with Gasteiger partial charge >= 0.3 is 0 Å². The number of aliphatic hydroxyl groups excluding tert-OH is 1. The molecule has 1 aromatic heterocycles. The first-order valence-electron chi connectivity index (χ1n) is 7.43. The Hall–Kier alpha value is -0.870. The summed E-state index contributed by atoms with van der Waals surface area (Å²) in [6, 6.07) is 0. The van der Waals surface area contributed by atoms with Crippen LogP contribution in [0.3, 0.4) is 0 Å². The zero-order chi connectivity index (χ0) is 13.8. The van der Waals surface area contributed by atoms with Crippen LogP contribution in [0.25, 0.3) is 0 Å². The highest BCUT2D eigenvalue weighted by atomic mass is 16.2. The van der Waals surface area contributed by atoms with Crippen LogP contribution in [-0.4, -0.2) is 39.3 Å². The minimum atomic E-state index is 0.328. The van der Waals surface area contributed by atoms with E-state index in [1.54, 1.807) is 0 Å². The van der Waals surface area contributed by atoms with Crippen LogP contribution in [0.15, 0.2) is 0 Å². The third kappa shape index (κ3) is 3.57. The van der Waals surface area contributed by atoms with Crippen LogP contribution in [-0.2, 0) is 13.6 Å². The molecule has 1 N–H and O–H groups in total. The van der Waals surface area contributed by atoms with Crippen molar-refractivity contribution in [3.05, 3.63) is 17.2 Å². The summed E-state index contributed by atoms with van der Waals surface area (Å²) in [5, 5.41) is 8.94. The van der Waals surface area contributed by atoms with Gasteiger partial charge in [-0.1, -0.05) is 0 Å². The Bertz CT molecular complexity index is 414. The Labute approximate surface area is 116 Å². The highest BCUT2D eigenvalue weighted by Gasteiger charge is 2.21. The maximum absolute atomic E-state index is 8.94. The lowest BCUT2D eigenvalue weighted by Gasteiger charge is -2.32. The van der Waals surface area contributed by atoms with Crippen LogP contribution in [0, 0.1) is 19.8 Å². The number of hydrogen-bond donors (Lipinski definition) is 1. The van der Waals surface area contributed by atoms with Gasteiger partial charge in [0, 0.05) is 25.9 Å². The summed E-state index contributed by atoms with van der Waals surface area (Å²) in [7, 11) is 2.11. The number of piperidine rings is 1. The van der Waals surface area contributed by atoms with Crippen molar-refractivity contribution >= 4 is 0 Å². The second kappa shape index (κ2) is 6.53. The van der Waals surface area contributed by atoms with Crippen molar-refractivity contribution in [2.24, 2.45) is 13.0 Å². The summed E-state index contributed by atoms with van der Waals surface area (Å²) in [5.41, 5.74) is 2.41. The zero-order valence-corrected chi connectivity index (χ0v) is 12.5.